The van der Waals surface area contributed by atoms with Crippen LogP contribution in [0, 0.1) is 5.92 Å². The lowest BCUT2D eigenvalue weighted by Gasteiger charge is -2.28. The molecule has 0 aromatic carbocycles. The summed E-state index contributed by atoms with van der Waals surface area (Å²) in [5.74, 6) is 1.67. The molecule has 0 bridgehead atoms. The van der Waals surface area contributed by atoms with Crippen molar-refractivity contribution in [3.63, 3.8) is 0 Å². The maximum Gasteiger partial charge on any atom is 0.315 e. The number of nitrogens with zero attached hydrogens (tertiary/aromatic N) is 3. The van der Waals surface area contributed by atoms with Crippen molar-refractivity contribution in [2.24, 2.45) is 5.92 Å². The third-order valence-corrected chi connectivity index (χ3v) is 4.91. The second kappa shape index (κ2) is 8.65. The predicted octanol–water partition coefficient (Wildman–Crippen LogP) is 3.43. The number of pyridine rings is 1. The largest absolute Gasteiger partial charge is 0.335 e. The van der Waals surface area contributed by atoms with E-state index >= 15 is 0 Å². The van der Waals surface area contributed by atoms with Crippen LogP contribution in [0.25, 0.3) is 5.82 Å². The lowest BCUT2D eigenvalue weighted by atomic mass is 9.83. The molecule has 1 saturated carbocycles. The van der Waals surface area contributed by atoms with Gasteiger partial charge in [-0.2, -0.15) is 0 Å². The summed E-state index contributed by atoms with van der Waals surface area (Å²) in [7, 11) is 0. The van der Waals surface area contributed by atoms with Gasteiger partial charge in [0.2, 0.25) is 0 Å². The van der Waals surface area contributed by atoms with Gasteiger partial charge in [-0.15, -0.1) is 0 Å². The lowest BCUT2D eigenvalue weighted by molar-refractivity contribution is 0.225. The molecule has 0 atom stereocenters. The average Bonchev–Trinajstić information content (AvgIpc) is 3.17. The zero-order chi connectivity index (χ0) is 17.5. The molecule has 6 heteroatoms. The van der Waals surface area contributed by atoms with Gasteiger partial charge in [-0.1, -0.05) is 25.8 Å². The van der Waals surface area contributed by atoms with Crippen molar-refractivity contribution in [1.82, 2.24) is 25.2 Å². The minimum Gasteiger partial charge on any atom is -0.335 e. The fourth-order valence-corrected chi connectivity index (χ4v) is 3.49. The molecule has 1 aliphatic carbocycles. The first kappa shape index (κ1) is 17.5. The average molecular weight is 341 g/mol. The molecular formula is C19H27N5O. The Morgan fingerprint density at radius 2 is 2.12 bits per heavy atom. The van der Waals surface area contributed by atoms with Gasteiger partial charge in [-0.3, -0.25) is 4.57 Å². The van der Waals surface area contributed by atoms with Crippen LogP contribution in [0.4, 0.5) is 4.79 Å². The topological polar surface area (TPSA) is 71.8 Å². The molecule has 1 aliphatic rings. The van der Waals surface area contributed by atoms with E-state index in [9.17, 15) is 4.79 Å². The predicted molar refractivity (Wildman–Crippen MR) is 97.4 cm³/mol. The molecule has 0 saturated heterocycles. The lowest BCUT2D eigenvalue weighted by Crippen LogP contribution is -2.43. The zero-order valence-electron chi connectivity index (χ0n) is 14.8. The van der Waals surface area contributed by atoms with Crippen LogP contribution < -0.4 is 10.6 Å². The molecule has 6 nitrogen and oxygen atoms in total. The standard InChI is InChI=1S/C19H27N5O/c1-2-3-15-4-7-17(8-5-15)23-19(25)22-13-16-6-9-18(21-12-16)24-11-10-20-14-24/h6,9-12,14-15,17H,2-5,7-8,13H2,1H3,(H2,22,23,25). The first-order chi connectivity index (χ1) is 12.2. The molecule has 2 aromatic rings. The van der Waals surface area contributed by atoms with Gasteiger partial charge in [-0.05, 0) is 43.2 Å². The van der Waals surface area contributed by atoms with Gasteiger partial charge < -0.3 is 10.6 Å². The number of imidazole rings is 1. The molecule has 2 heterocycles. The highest BCUT2D eigenvalue weighted by Gasteiger charge is 2.21. The van der Waals surface area contributed by atoms with E-state index in [-0.39, 0.29) is 6.03 Å². The summed E-state index contributed by atoms with van der Waals surface area (Å²) in [6.07, 6.45) is 14.3. The third-order valence-electron chi connectivity index (χ3n) is 4.91. The maximum absolute atomic E-state index is 12.1. The molecule has 0 unspecified atom stereocenters. The van der Waals surface area contributed by atoms with Gasteiger partial charge in [0.1, 0.15) is 12.1 Å². The van der Waals surface area contributed by atoms with E-state index in [1.807, 2.05) is 22.9 Å². The molecule has 0 aliphatic heterocycles. The van der Waals surface area contributed by atoms with E-state index in [1.54, 1.807) is 18.7 Å². The van der Waals surface area contributed by atoms with Gasteiger partial charge >= 0.3 is 6.03 Å². The molecule has 2 amide bonds. The van der Waals surface area contributed by atoms with Crippen molar-refractivity contribution in [3.8, 4) is 5.82 Å². The molecular weight excluding hydrogens is 314 g/mol. The summed E-state index contributed by atoms with van der Waals surface area (Å²) in [5.41, 5.74) is 0.977. The van der Waals surface area contributed by atoms with E-state index in [2.05, 4.69) is 27.5 Å². The summed E-state index contributed by atoms with van der Waals surface area (Å²) in [4.78, 5) is 20.5. The number of carbonyl (C=O) groups is 1. The molecule has 3 rings (SSSR count). The molecule has 2 aromatic heterocycles. The van der Waals surface area contributed by atoms with Crippen LogP contribution in [0.3, 0.4) is 0 Å². The van der Waals surface area contributed by atoms with E-state index in [0.717, 1.165) is 30.1 Å². The fraction of sp³-hybridized carbons (Fsp3) is 0.526. The van der Waals surface area contributed by atoms with E-state index in [1.165, 1.54) is 25.7 Å². The van der Waals surface area contributed by atoms with Gasteiger partial charge in [-0.25, -0.2) is 14.8 Å². The second-order valence-electron chi connectivity index (χ2n) is 6.83. The third kappa shape index (κ3) is 5.05. The molecule has 0 radical (unpaired) electrons. The first-order valence-electron chi connectivity index (χ1n) is 9.22. The summed E-state index contributed by atoms with van der Waals surface area (Å²) in [6, 6.07) is 4.12. The van der Waals surface area contributed by atoms with Crippen LogP contribution in [-0.2, 0) is 6.54 Å². The normalized spacial score (nSPS) is 20.2. The Morgan fingerprint density at radius 1 is 1.28 bits per heavy atom. The molecule has 0 spiro atoms. The molecule has 2 N–H and O–H groups in total. The number of aromatic nitrogens is 3. The molecule has 134 valence electrons. The minimum atomic E-state index is -0.0855. The van der Waals surface area contributed by atoms with Crippen molar-refractivity contribution in [2.75, 3.05) is 0 Å². The quantitative estimate of drug-likeness (QED) is 0.845. The number of hydrogen-bond donors (Lipinski definition) is 2. The van der Waals surface area contributed by atoms with E-state index in [4.69, 9.17) is 0 Å². The number of amides is 2. The van der Waals surface area contributed by atoms with E-state index < -0.39 is 0 Å². The van der Waals surface area contributed by atoms with Crippen LogP contribution >= 0.6 is 0 Å². The smallest absolute Gasteiger partial charge is 0.315 e. The Balaban J connectivity index is 1.40. The van der Waals surface area contributed by atoms with Crippen LogP contribution in [0.5, 0.6) is 0 Å². The van der Waals surface area contributed by atoms with Crippen LogP contribution in [0.2, 0.25) is 0 Å². The van der Waals surface area contributed by atoms with Crippen molar-refractivity contribution < 1.29 is 4.79 Å². The van der Waals surface area contributed by atoms with E-state index in [0.29, 0.717) is 12.6 Å². The molecule has 25 heavy (non-hydrogen) atoms. The molecule has 1 fully saturated rings. The number of nitrogens with one attached hydrogen (secondary N) is 2. The number of urea groups is 1. The monoisotopic (exact) mass is 341 g/mol. The Kier molecular flexibility index (Phi) is 6.04. The summed E-state index contributed by atoms with van der Waals surface area (Å²) in [5, 5.41) is 6.03. The minimum absolute atomic E-state index is 0.0855. The van der Waals surface area contributed by atoms with Gasteiger partial charge in [0.15, 0.2) is 0 Å². The highest BCUT2D eigenvalue weighted by molar-refractivity contribution is 5.74. The Bertz CT molecular complexity index is 645. The van der Waals surface area contributed by atoms with Crippen LogP contribution in [-0.4, -0.2) is 26.6 Å². The van der Waals surface area contributed by atoms with Crippen molar-refractivity contribution in [1.29, 1.82) is 0 Å². The van der Waals surface area contributed by atoms with Gasteiger partial charge in [0.25, 0.3) is 0 Å². The van der Waals surface area contributed by atoms with Gasteiger partial charge in [0, 0.05) is 31.2 Å². The number of carbonyl (C=O) groups excluding carboxylic acids is 1. The van der Waals surface area contributed by atoms with Crippen LogP contribution in [0.15, 0.2) is 37.1 Å². The number of hydrogen-bond acceptors (Lipinski definition) is 3. The van der Waals surface area contributed by atoms with Crippen molar-refractivity contribution >= 4 is 6.03 Å². The van der Waals surface area contributed by atoms with Crippen molar-refractivity contribution in [2.45, 2.75) is 58.0 Å². The summed E-state index contributed by atoms with van der Waals surface area (Å²) in [6.45, 7) is 2.73. The number of rotatable bonds is 6. The summed E-state index contributed by atoms with van der Waals surface area (Å²) < 4.78 is 1.85. The van der Waals surface area contributed by atoms with Gasteiger partial charge in [0.05, 0.1) is 0 Å². The SMILES string of the molecule is CCCC1CCC(NC(=O)NCc2ccc(-n3ccnc3)nc2)CC1. The first-order valence-corrected chi connectivity index (χ1v) is 9.22. The highest BCUT2D eigenvalue weighted by Crippen LogP contribution is 2.27. The van der Waals surface area contributed by atoms with Crippen molar-refractivity contribution in [3.05, 3.63) is 42.6 Å². The summed E-state index contributed by atoms with van der Waals surface area (Å²) >= 11 is 0. The highest BCUT2D eigenvalue weighted by atomic mass is 16.2. The Hall–Kier alpha value is -2.37. The van der Waals surface area contributed by atoms with Crippen LogP contribution in [0.1, 0.15) is 51.0 Å². The fourth-order valence-electron chi connectivity index (χ4n) is 3.49. The Morgan fingerprint density at radius 3 is 2.76 bits per heavy atom. The Labute approximate surface area is 149 Å². The maximum atomic E-state index is 12.1. The second-order valence-corrected chi connectivity index (χ2v) is 6.83. The zero-order valence-corrected chi connectivity index (χ0v) is 14.8.